The summed E-state index contributed by atoms with van der Waals surface area (Å²) >= 11 is 0. The maximum atomic E-state index is 11.4. The largest absolute Gasteiger partial charge is 0.493 e. The van der Waals surface area contributed by atoms with E-state index in [1.54, 1.807) is 0 Å². The summed E-state index contributed by atoms with van der Waals surface area (Å²) in [6, 6.07) is 7.38. The molecule has 1 aromatic carbocycles. The summed E-state index contributed by atoms with van der Waals surface area (Å²) in [4.78, 5) is 11.4. The Kier molecular flexibility index (Phi) is 5.49. The van der Waals surface area contributed by atoms with Gasteiger partial charge >= 0.3 is 0 Å². The van der Waals surface area contributed by atoms with Gasteiger partial charge in [-0.1, -0.05) is 19.9 Å². The Morgan fingerprint density at radius 3 is 2.88 bits per heavy atom. The first-order valence-corrected chi connectivity index (χ1v) is 5.84. The standard InChI is InChI=1S/C13H20N2O2/c1-10(2)9-17-12-5-3-4-11(8-12)15-13(16)6-7-14/h3-5,8,10H,6-7,9,14H2,1-2H3,(H,15,16). The van der Waals surface area contributed by atoms with Gasteiger partial charge in [0.1, 0.15) is 5.75 Å². The third-order valence-corrected chi connectivity index (χ3v) is 2.07. The molecule has 0 saturated carbocycles. The van der Waals surface area contributed by atoms with E-state index >= 15 is 0 Å². The van der Waals surface area contributed by atoms with E-state index in [2.05, 4.69) is 19.2 Å². The molecule has 0 aliphatic rings. The summed E-state index contributed by atoms with van der Waals surface area (Å²) < 4.78 is 5.57. The molecule has 0 spiro atoms. The van der Waals surface area contributed by atoms with Crippen molar-refractivity contribution in [2.24, 2.45) is 11.7 Å². The fourth-order valence-corrected chi connectivity index (χ4v) is 1.28. The van der Waals surface area contributed by atoms with Gasteiger partial charge in [0, 0.05) is 24.7 Å². The summed E-state index contributed by atoms with van der Waals surface area (Å²) in [6.07, 6.45) is 0.330. The Balaban J connectivity index is 2.56. The van der Waals surface area contributed by atoms with Crippen LogP contribution in [0.2, 0.25) is 0 Å². The minimum Gasteiger partial charge on any atom is -0.493 e. The second-order valence-electron chi connectivity index (χ2n) is 4.32. The molecule has 0 aliphatic heterocycles. The van der Waals surface area contributed by atoms with Gasteiger partial charge in [0.15, 0.2) is 0 Å². The lowest BCUT2D eigenvalue weighted by Crippen LogP contribution is -2.16. The highest BCUT2D eigenvalue weighted by Gasteiger charge is 2.02. The van der Waals surface area contributed by atoms with Crippen LogP contribution < -0.4 is 15.8 Å². The molecule has 94 valence electrons. The van der Waals surface area contributed by atoms with Gasteiger partial charge in [-0.15, -0.1) is 0 Å². The van der Waals surface area contributed by atoms with Crippen LogP contribution in [0.3, 0.4) is 0 Å². The summed E-state index contributed by atoms with van der Waals surface area (Å²) in [7, 11) is 0. The summed E-state index contributed by atoms with van der Waals surface area (Å²) in [5.74, 6) is 1.17. The predicted octanol–water partition coefficient (Wildman–Crippen LogP) is 2.01. The molecule has 0 unspecified atom stereocenters. The molecule has 0 bridgehead atoms. The van der Waals surface area contributed by atoms with Crippen LogP contribution in [-0.2, 0) is 4.79 Å². The lowest BCUT2D eigenvalue weighted by atomic mass is 10.2. The number of rotatable bonds is 6. The number of amides is 1. The molecule has 17 heavy (non-hydrogen) atoms. The summed E-state index contributed by atoms with van der Waals surface area (Å²) in [5.41, 5.74) is 6.05. The van der Waals surface area contributed by atoms with Crippen molar-refractivity contribution in [3.8, 4) is 5.75 Å². The van der Waals surface area contributed by atoms with Crippen molar-refractivity contribution in [2.75, 3.05) is 18.5 Å². The Morgan fingerprint density at radius 1 is 1.47 bits per heavy atom. The van der Waals surface area contributed by atoms with E-state index in [4.69, 9.17) is 10.5 Å². The molecule has 1 rings (SSSR count). The minimum absolute atomic E-state index is 0.0755. The maximum Gasteiger partial charge on any atom is 0.225 e. The average Bonchev–Trinajstić information content (AvgIpc) is 2.27. The molecule has 0 aromatic heterocycles. The first kappa shape index (κ1) is 13.5. The number of hydrogen-bond donors (Lipinski definition) is 2. The van der Waals surface area contributed by atoms with Crippen LogP contribution in [0.4, 0.5) is 5.69 Å². The zero-order valence-corrected chi connectivity index (χ0v) is 10.4. The molecule has 1 aromatic rings. The predicted molar refractivity (Wildman–Crippen MR) is 69.1 cm³/mol. The van der Waals surface area contributed by atoms with Crippen LogP contribution in [-0.4, -0.2) is 19.1 Å². The van der Waals surface area contributed by atoms with E-state index in [-0.39, 0.29) is 5.91 Å². The van der Waals surface area contributed by atoms with Crippen LogP contribution in [0.5, 0.6) is 5.75 Å². The van der Waals surface area contributed by atoms with E-state index in [9.17, 15) is 4.79 Å². The molecule has 0 radical (unpaired) electrons. The smallest absolute Gasteiger partial charge is 0.225 e. The highest BCUT2D eigenvalue weighted by molar-refractivity contribution is 5.90. The van der Waals surface area contributed by atoms with Crippen molar-refractivity contribution in [1.82, 2.24) is 0 Å². The van der Waals surface area contributed by atoms with Crippen molar-refractivity contribution in [1.29, 1.82) is 0 Å². The first-order valence-electron chi connectivity index (χ1n) is 5.84. The monoisotopic (exact) mass is 236 g/mol. The number of nitrogens with two attached hydrogens (primary N) is 1. The number of benzene rings is 1. The molecule has 1 amide bonds. The molecule has 0 fully saturated rings. The van der Waals surface area contributed by atoms with Gasteiger partial charge in [-0.05, 0) is 18.1 Å². The molecule has 3 N–H and O–H groups in total. The molecular formula is C13H20N2O2. The third-order valence-electron chi connectivity index (χ3n) is 2.07. The zero-order chi connectivity index (χ0) is 12.7. The van der Waals surface area contributed by atoms with E-state index in [1.165, 1.54) is 0 Å². The Bertz CT molecular complexity index is 364. The normalized spacial score (nSPS) is 10.4. The molecule has 0 heterocycles. The number of carbonyl (C=O) groups excluding carboxylic acids is 1. The lowest BCUT2D eigenvalue weighted by Gasteiger charge is -2.10. The van der Waals surface area contributed by atoms with Crippen LogP contribution in [0, 0.1) is 5.92 Å². The van der Waals surface area contributed by atoms with Crippen molar-refractivity contribution in [2.45, 2.75) is 20.3 Å². The molecule has 4 heteroatoms. The number of anilines is 1. The van der Waals surface area contributed by atoms with Gasteiger partial charge < -0.3 is 15.8 Å². The zero-order valence-electron chi connectivity index (χ0n) is 10.4. The van der Waals surface area contributed by atoms with E-state index in [1.807, 2.05) is 24.3 Å². The molecular weight excluding hydrogens is 216 g/mol. The number of hydrogen-bond acceptors (Lipinski definition) is 3. The third kappa shape index (κ3) is 5.36. The number of nitrogens with one attached hydrogen (secondary N) is 1. The van der Waals surface area contributed by atoms with Gasteiger partial charge in [-0.25, -0.2) is 0 Å². The van der Waals surface area contributed by atoms with Gasteiger partial charge in [0.05, 0.1) is 6.61 Å². The minimum atomic E-state index is -0.0755. The fourth-order valence-electron chi connectivity index (χ4n) is 1.28. The maximum absolute atomic E-state index is 11.4. The second kappa shape index (κ2) is 6.91. The van der Waals surface area contributed by atoms with Gasteiger partial charge in [0.2, 0.25) is 5.91 Å². The molecule has 0 aliphatic carbocycles. The Morgan fingerprint density at radius 2 is 2.24 bits per heavy atom. The molecule has 0 atom stereocenters. The van der Waals surface area contributed by atoms with Crippen molar-refractivity contribution >= 4 is 11.6 Å². The highest BCUT2D eigenvalue weighted by atomic mass is 16.5. The number of carbonyl (C=O) groups is 1. The summed E-state index contributed by atoms with van der Waals surface area (Å²) in [6.45, 7) is 5.20. The van der Waals surface area contributed by atoms with Crippen LogP contribution in [0.25, 0.3) is 0 Å². The fraction of sp³-hybridized carbons (Fsp3) is 0.462. The molecule has 4 nitrogen and oxygen atoms in total. The summed E-state index contributed by atoms with van der Waals surface area (Å²) in [5, 5.41) is 2.77. The average molecular weight is 236 g/mol. The van der Waals surface area contributed by atoms with Crippen molar-refractivity contribution in [3.05, 3.63) is 24.3 Å². The van der Waals surface area contributed by atoms with E-state index < -0.39 is 0 Å². The lowest BCUT2D eigenvalue weighted by molar-refractivity contribution is -0.116. The van der Waals surface area contributed by atoms with Gasteiger partial charge in [-0.3, -0.25) is 4.79 Å². The van der Waals surface area contributed by atoms with Gasteiger partial charge in [-0.2, -0.15) is 0 Å². The van der Waals surface area contributed by atoms with Crippen molar-refractivity contribution < 1.29 is 9.53 Å². The topological polar surface area (TPSA) is 64.3 Å². The van der Waals surface area contributed by atoms with Crippen molar-refractivity contribution in [3.63, 3.8) is 0 Å². The quantitative estimate of drug-likeness (QED) is 0.794. The molecule has 0 saturated heterocycles. The SMILES string of the molecule is CC(C)COc1cccc(NC(=O)CCN)c1. The number of ether oxygens (including phenoxy) is 1. The van der Waals surface area contributed by atoms with Crippen LogP contribution >= 0.6 is 0 Å². The van der Waals surface area contributed by atoms with Crippen LogP contribution in [0.1, 0.15) is 20.3 Å². The highest BCUT2D eigenvalue weighted by Crippen LogP contribution is 2.18. The van der Waals surface area contributed by atoms with E-state index in [0.717, 1.165) is 11.4 Å². The Hall–Kier alpha value is -1.55. The Labute approximate surface area is 102 Å². The van der Waals surface area contributed by atoms with Gasteiger partial charge in [0.25, 0.3) is 0 Å². The first-order chi connectivity index (χ1) is 8.11. The van der Waals surface area contributed by atoms with Crippen LogP contribution in [0.15, 0.2) is 24.3 Å². The van der Waals surface area contributed by atoms with E-state index in [0.29, 0.717) is 25.5 Å². The second-order valence-corrected chi connectivity index (χ2v) is 4.32.